The van der Waals surface area contributed by atoms with Crippen LogP contribution >= 0.6 is 0 Å². The summed E-state index contributed by atoms with van der Waals surface area (Å²) in [4.78, 5) is 15.2. The Morgan fingerprint density at radius 2 is 2.05 bits per heavy atom. The van der Waals surface area contributed by atoms with Gasteiger partial charge in [-0.25, -0.2) is 14.2 Å². The minimum Gasteiger partial charge on any atom is -0.445 e. The molecule has 5 heteroatoms. The number of carbonyl (C=O) groups excluding carboxylic acids is 1. The zero-order valence-corrected chi connectivity index (χ0v) is 11.2. The first-order chi connectivity index (χ1) is 10.2. The highest BCUT2D eigenvalue weighted by molar-refractivity contribution is 5.67. The molecular formula is C16H13FN2O2. The number of carbonyl (C=O) groups is 1. The Morgan fingerprint density at radius 1 is 1.24 bits per heavy atom. The van der Waals surface area contributed by atoms with E-state index in [1.807, 2.05) is 30.3 Å². The van der Waals surface area contributed by atoms with Crippen LogP contribution in [0.15, 0.2) is 48.7 Å². The number of ether oxygens (including phenoxy) is 1. The third-order valence-electron chi connectivity index (χ3n) is 2.48. The monoisotopic (exact) mass is 284 g/mol. The Kier molecular flexibility index (Phi) is 5.30. The normalized spacial score (nSPS) is 9.38. The molecule has 1 heterocycles. The molecule has 1 amide bonds. The maximum absolute atomic E-state index is 12.6. The standard InChI is InChI=1S/C16H13FN2O2/c17-14-8-9-15(19-11-14)7-4-10-18-16(20)21-12-13-5-2-1-3-6-13/h1-3,5-6,8-9,11H,10,12H2,(H,18,20). The zero-order valence-electron chi connectivity index (χ0n) is 11.2. The number of hydrogen-bond donors (Lipinski definition) is 1. The molecule has 0 bridgehead atoms. The van der Waals surface area contributed by atoms with Crippen LogP contribution in [0.25, 0.3) is 0 Å². The molecule has 0 aliphatic heterocycles. The molecule has 0 unspecified atom stereocenters. The molecule has 0 radical (unpaired) electrons. The summed E-state index contributed by atoms with van der Waals surface area (Å²) < 4.78 is 17.6. The van der Waals surface area contributed by atoms with Gasteiger partial charge in [0.2, 0.25) is 0 Å². The zero-order chi connectivity index (χ0) is 14.9. The number of rotatable bonds is 3. The Morgan fingerprint density at radius 3 is 2.76 bits per heavy atom. The summed E-state index contributed by atoms with van der Waals surface area (Å²) in [5, 5.41) is 2.50. The van der Waals surface area contributed by atoms with Crippen molar-refractivity contribution in [1.82, 2.24) is 10.3 Å². The molecule has 0 saturated heterocycles. The number of halogens is 1. The molecule has 1 aromatic heterocycles. The van der Waals surface area contributed by atoms with E-state index in [-0.39, 0.29) is 13.2 Å². The number of aromatic nitrogens is 1. The van der Waals surface area contributed by atoms with Crippen molar-refractivity contribution in [3.05, 3.63) is 65.7 Å². The molecule has 4 nitrogen and oxygen atoms in total. The van der Waals surface area contributed by atoms with E-state index in [1.165, 1.54) is 12.1 Å². The van der Waals surface area contributed by atoms with Gasteiger partial charge in [0.15, 0.2) is 0 Å². The predicted molar refractivity (Wildman–Crippen MR) is 75.7 cm³/mol. The number of hydrogen-bond acceptors (Lipinski definition) is 3. The number of nitrogens with zero attached hydrogens (tertiary/aromatic N) is 1. The van der Waals surface area contributed by atoms with Gasteiger partial charge >= 0.3 is 6.09 Å². The van der Waals surface area contributed by atoms with Gasteiger partial charge in [-0.2, -0.15) is 0 Å². The van der Waals surface area contributed by atoms with Crippen LogP contribution in [0.1, 0.15) is 11.3 Å². The van der Waals surface area contributed by atoms with Crippen molar-refractivity contribution in [2.45, 2.75) is 6.61 Å². The highest BCUT2D eigenvalue weighted by Crippen LogP contribution is 2.00. The molecule has 1 aromatic carbocycles. The van der Waals surface area contributed by atoms with Crippen molar-refractivity contribution in [2.75, 3.05) is 6.54 Å². The second kappa shape index (κ2) is 7.65. The highest BCUT2D eigenvalue weighted by atomic mass is 19.1. The third kappa shape index (κ3) is 5.33. The molecule has 106 valence electrons. The number of pyridine rings is 1. The first-order valence-corrected chi connectivity index (χ1v) is 6.29. The van der Waals surface area contributed by atoms with E-state index in [4.69, 9.17) is 4.74 Å². The molecule has 2 rings (SSSR count). The Labute approximate surface area is 122 Å². The minimum atomic E-state index is -0.541. The van der Waals surface area contributed by atoms with E-state index in [2.05, 4.69) is 22.1 Å². The average molecular weight is 284 g/mol. The van der Waals surface area contributed by atoms with Gasteiger partial charge in [-0.15, -0.1) is 0 Å². The molecular weight excluding hydrogens is 271 g/mol. The van der Waals surface area contributed by atoms with Gasteiger partial charge in [-0.3, -0.25) is 0 Å². The Balaban J connectivity index is 1.71. The quantitative estimate of drug-likeness (QED) is 0.881. The minimum absolute atomic E-state index is 0.132. The number of nitrogens with one attached hydrogen (secondary N) is 1. The first-order valence-electron chi connectivity index (χ1n) is 6.29. The maximum atomic E-state index is 12.6. The van der Waals surface area contributed by atoms with Crippen LogP contribution < -0.4 is 5.32 Å². The fourth-order valence-electron chi connectivity index (χ4n) is 1.48. The van der Waals surface area contributed by atoms with E-state index in [0.717, 1.165) is 11.8 Å². The van der Waals surface area contributed by atoms with Gasteiger partial charge in [-0.05, 0) is 23.6 Å². The van der Waals surface area contributed by atoms with Crippen molar-refractivity contribution < 1.29 is 13.9 Å². The van der Waals surface area contributed by atoms with Crippen molar-refractivity contribution in [3.8, 4) is 11.8 Å². The summed E-state index contributed by atoms with van der Waals surface area (Å²) in [6.07, 6.45) is 0.547. The molecule has 1 N–H and O–H groups in total. The van der Waals surface area contributed by atoms with Gasteiger partial charge in [-0.1, -0.05) is 36.3 Å². The number of benzene rings is 1. The Hall–Kier alpha value is -2.87. The van der Waals surface area contributed by atoms with Gasteiger partial charge in [0.25, 0.3) is 0 Å². The third-order valence-corrected chi connectivity index (χ3v) is 2.48. The van der Waals surface area contributed by atoms with Crippen LogP contribution in [0.4, 0.5) is 9.18 Å². The van der Waals surface area contributed by atoms with E-state index in [9.17, 15) is 9.18 Å². The SMILES string of the molecule is O=C(NCC#Cc1ccc(F)cn1)OCc1ccccc1. The largest absolute Gasteiger partial charge is 0.445 e. The van der Waals surface area contributed by atoms with Gasteiger partial charge in [0, 0.05) is 0 Å². The van der Waals surface area contributed by atoms with Crippen LogP contribution in [0.3, 0.4) is 0 Å². The van der Waals surface area contributed by atoms with Gasteiger partial charge < -0.3 is 10.1 Å². The smallest absolute Gasteiger partial charge is 0.408 e. The van der Waals surface area contributed by atoms with Gasteiger partial charge in [0.05, 0.1) is 12.7 Å². The fraction of sp³-hybridized carbons (Fsp3) is 0.125. The first kappa shape index (κ1) is 14.5. The summed E-state index contributed by atoms with van der Waals surface area (Å²) in [5.41, 5.74) is 1.35. The summed E-state index contributed by atoms with van der Waals surface area (Å²) in [6, 6.07) is 12.1. The summed E-state index contributed by atoms with van der Waals surface area (Å²) in [5.74, 6) is 4.99. The van der Waals surface area contributed by atoms with Crippen LogP contribution in [-0.4, -0.2) is 17.6 Å². The lowest BCUT2D eigenvalue weighted by atomic mass is 10.2. The maximum Gasteiger partial charge on any atom is 0.408 e. The molecule has 0 aliphatic carbocycles. The van der Waals surface area contributed by atoms with E-state index in [0.29, 0.717) is 5.69 Å². The van der Waals surface area contributed by atoms with Crippen molar-refractivity contribution in [2.24, 2.45) is 0 Å². The second-order valence-electron chi connectivity index (χ2n) is 4.08. The summed E-state index contributed by atoms with van der Waals surface area (Å²) in [6.45, 7) is 0.340. The van der Waals surface area contributed by atoms with E-state index < -0.39 is 11.9 Å². The van der Waals surface area contributed by atoms with Crippen molar-refractivity contribution >= 4 is 6.09 Å². The highest BCUT2D eigenvalue weighted by Gasteiger charge is 2.00. The van der Waals surface area contributed by atoms with E-state index in [1.54, 1.807) is 0 Å². The second-order valence-corrected chi connectivity index (χ2v) is 4.08. The number of amides is 1. The van der Waals surface area contributed by atoms with Gasteiger partial charge in [0.1, 0.15) is 18.1 Å². The molecule has 2 aromatic rings. The molecule has 0 atom stereocenters. The van der Waals surface area contributed by atoms with Crippen LogP contribution in [0, 0.1) is 17.7 Å². The van der Waals surface area contributed by atoms with Crippen molar-refractivity contribution in [3.63, 3.8) is 0 Å². The van der Waals surface area contributed by atoms with Crippen molar-refractivity contribution in [1.29, 1.82) is 0 Å². The molecule has 0 aliphatic rings. The Bertz CT molecular complexity index is 645. The average Bonchev–Trinajstić information content (AvgIpc) is 2.52. The summed E-state index contributed by atoms with van der Waals surface area (Å²) in [7, 11) is 0. The lowest BCUT2D eigenvalue weighted by molar-refractivity contribution is 0.141. The lowest BCUT2D eigenvalue weighted by Gasteiger charge is -2.04. The van der Waals surface area contributed by atoms with Crippen LogP contribution in [-0.2, 0) is 11.3 Å². The van der Waals surface area contributed by atoms with Crippen LogP contribution in [0.2, 0.25) is 0 Å². The fourth-order valence-corrected chi connectivity index (χ4v) is 1.48. The van der Waals surface area contributed by atoms with Crippen LogP contribution in [0.5, 0.6) is 0 Å². The molecule has 21 heavy (non-hydrogen) atoms. The summed E-state index contributed by atoms with van der Waals surface area (Å²) >= 11 is 0. The molecule has 0 fully saturated rings. The number of alkyl carbamates (subject to hydrolysis) is 1. The van der Waals surface area contributed by atoms with E-state index >= 15 is 0 Å². The lowest BCUT2D eigenvalue weighted by Crippen LogP contribution is -2.24. The predicted octanol–water partition coefficient (Wildman–Crippen LogP) is 2.50. The molecule has 0 spiro atoms. The molecule has 0 saturated carbocycles. The topological polar surface area (TPSA) is 51.2 Å².